The van der Waals surface area contributed by atoms with Gasteiger partial charge in [-0.15, -0.1) is 0 Å². The van der Waals surface area contributed by atoms with Gasteiger partial charge in [-0.1, -0.05) is 17.7 Å². The Morgan fingerprint density at radius 3 is 2.46 bits per heavy atom. The molecule has 1 aliphatic heterocycles. The fourth-order valence-corrected chi connectivity index (χ4v) is 3.49. The highest BCUT2D eigenvalue weighted by Gasteiger charge is 2.26. The van der Waals surface area contributed by atoms with Gasteiger partial charge in [-0.3, -0.25) is 9.59 Å². The Bertz CT molecular complexity index is 829. The Kier molecular flexibility index (Phi) is 6.52. The molecule has 7 heteroatoms. The van der Waals surface area contributed by atoms with Crippen LogP contribution in [0, 0.1) is 5.82 Å². The minimum absolute atomic E-state index is 0.0510. The molecule has 148 valence electrons. The lowest BCUT2D eigenvalue weighted by Gasteiger charge is -2.32. The summed E-state index contributed by atoms with van der Waals surface area (Å²) in [6.07, 6.45) is 1.20. The molecular formula is C21H22ClFN2O3. The summed E-state index contributed by atoms with van der Waals surface area (Å²) in [5.74, 6) is -0.496. The number of piperidine rings is 1. The molecule has 1 fully saturated rings. The van der Waals surface area contributed by atoms with E-state index in [1.807, 2.05) is 6.92 Å². The fourth-order valence-electron chi connectivity index (χ4n) is 3.24. The van der Waals surface area contributed by atoms with Crippen LogP contribution >= 0.6 is 11.6 Å². The summed E-state index contributed by atoms with van der Waals surface area (Å²) in [6, 6.07) is 11.1. The van der Waals surface area contributed by atoms with Gasteiger partial charge in [-0.05, 0) is 56.2 Å². The van der Waals surface area contributed by atoms with E-state index in [-0.39, 0.29) is 22.5 Å². The van der Waals surface area contributed by atoms with Crippen LogP contribution in [0.3, 0.4) is 0 Å². The SMILES string of the molecule is CCOc1ccc(C(=O)N2CCC(NC(=O)c3c(F)cccc3Cl)CC2)cc1. The number of carbonyl (C=O) groups excluding carboxylic acids is 2. The molecule has 2 aromatic carbocycles. The summed E-state index contributed by atoms with van der Waals surface area (Å²) in [5.41, 5.74) is 0.459. The Balaban J connectivity index is 1.55. The van der Waals surface area contributed by atoms with Crippen molar-refractivity contribution in [2.45, 2.75) is 25.8 Å². The number of nitrogens with zero attached hydrogens (tertiary/aromatic N) is 1. The summed E-state index contributed by atoms with van der Waals surface area (Å²) >= 11 is 5.94. The fraction of sp³-hybridized carbons (Fsp3) is 0.333. The molecule has 0 aromatic heterocycles. The van der Waals surface area contributed by atoms with Gasteiger partial charge in [0.25, 0.3) is 11.8 Å². The number of benzene rings is 2. The van der Waals surface area contributed by atoms with Crippen LogP contribution in [-0.2, 0) is 0 Å². The number of likely N-dealkylation sites (tertiary alicyclic amines) is 1. The topological polar surface area (TPSA) is 58.6 Å². The van der Waals surface area contributed by atoms with Crippen molar-refractivity contribution in [2.75, 3.05) is 19.7 Å². The van der Waals surface area contributed by atoms with E-state index < -0.39 is 11.7 Å². The Morgan fingerprint density at radius 2 is 1.86 bits per heavy atom. The van der Waals surface area contributed by atoms with Crippen molar-refractivity contribution in [1.29, 1.82) is 0 Å². The molecule has 0 spiro atoms. The zero-order valence-corrected chi connectivity index (χ0v) is 16.3. The molecule has 2 aromatic rings. The summed E-state index contributed by atoms with van der Waals surface area (Å²) in [6.45, 7) is 3.51. The number of hydrogen-bond acceptors (Lipinski definition) is 3. The third-order valence-corrected chi connectivity index (χ3v) is 5.03. The molecule has 1 N–H and O–H groups in total. The molecule has 0 atom stereocenters. The molecule has 1 saturated heterocycles. The second-order valence-electron chi connectivity index (χ2n) is 6.59. The molecule has 0 unspecified atom stereocenters. The van der Waals surface area contributed by atoms with Crippen LogP contribution in [0.5, 0.6) is 5.75 Å². The Hall–Kier alpha value is -2.60. The highest BCUT2D eigenvalue weighted by atomic mass is 35.5. The quantitative estimate of drug-likeness (QED) is 0.821. The summed E-state index contributed by atoms with van der Waals surface area (Å²) < 4.78 is 19.3. The van der Waals surface area contributed by atoms with Crippen molar-refractivity contribution >= 4 is 23.4 Å². The van der Waals surface area contributed by atoms with Crippen LogP contribution in [0.15, 0.2) is 42.5 Å². The van der Waals surface area contributed by atoms with E-state index in [0.717, 1.165) is 5.75 Å². The molecule has 2 amide bonds. The summed E-state index contributed by atoms with van der Waals surface area (Å²) in [4.78, 5) is 26.7. The van der Waals surface area contributed by atoms with E-state index in [2.05, 4.69) is 5.32 Å². The van der Waals surface area contributed by atoms with Crippen LogP contribution < -0.4 is 10.1 Å². The molecular weight excluding hydrogens is 383 g/mol. The van der Waals surface area contributed by atoms with Gasteiger partial charge in [-0.2, -0.15) is 0 Å². The smallest absolute Gasteiger partial charge is 0.255 e. The molecule has 3 rings (SSSR count). The number of halogens is 2. The van der Waals surface area contributed by atoms with Crippen LogP contribution in [0.2, 0.25) is 5.02 Å². The van der Waals surface area contributed by atoms with Gasteiger partial charge in [0.1, 0.15) is 11.6 Å². The summed E-state index contributed by atoms with van der Waals surface area (Å²) in [7, 11) is 0. The van der Waals surface area contributed by atoms with E-state index in [9.17, 15) is 14.0 Å². The zero-order valence-electron chi connectivity index (χ0n) is 15.6. The van der Waals surface area contributed by atoms with Gasteiger partial charge in [-0.25, -0.2) is 4.39 Å². The zero-order chi connectivity index (χ0) is 20.1. The van der Waals surface area contributed by atoms with E-state index >= 15 is 0 Å². The van der Waals surface area contributed by atoms with Gasteiger partial charge < -0.3 is 15.0 Å². The first-order chi connectivity index (χ1) is 13.5. The summed E-state index contributed by atoms with van der Waals surface area (Å²) in [5, 5.41) is 2.90. The van der Waals surface area contributed by atoms with E-state index in [1.54, 1.807) is 29.2 Å². The highest BCUT2D eigenvalue weighted by molar-refractivity contribution is 6.33. The van der Waals surface area contributed by atoms with Crippen LogP contribution in [0.25, 0.3) is 0 Å². The third-order valence-electron chi connectivity index (χ3n) is 4.72. The first-order valence-electron chi connectivity index (χ1n) is 9.26. The van der Waals surface area contributed by atoms with Gasteiger partial charge >= 0.3 is 0 Å². The molecule has 5 nitrogen and oxygen atoms in total. The Morgan fingerprint density at radius 1 is 1.18 bits per heavy atom. The number of amides is 2. The maximum atomic E-state index is 13.9. The van der Waals surface area contributed by atoms with Crippen molar-refractivity contribution in [3.05, 3.63) is 64.4 Å². The second kappa shape index (κ2) is 9.06. The van der Waals surface area contributed by atoms with Crippen LogP contribution in [0.1, 0.15) is 40.5 Å². The predicted octanol–water partition coefficient (Wildman–Crippen LogP) is 3.91. The van der Waals surface area contributed by atoms with E-state index in [1.165, 1.54) is 18.2 Å². The lowest BCUT2D eigenvalue weighted by atomic mass is 10.0. The van der Waals surface area contributed by atoms with Gasteiger partial charge in [0.15, 0.2) is 0 Å². The van der Waals surface area contributed by atoms with E-state index in [0.29, 0.717) is 38.1 Å². The average molecular weight is 405 g/mol. The van der Waals surface area contributed by atoms with Gasteiger partial charge in [0.2, 0.25) is 0 Å². The number of carbonyl (C=O) groups is 2. The van der Waals surface area contributed by atoms with E-state index in [4.69, 9.17) is 16.3 Å². The first-order valence-corrected chi connectivity index (χ1v) is 9.64. The molecule has 0 saturated carbocycles. The number of hydrogen-bond donors (Lipinski definition) is 1. The number of ether oxygens (including phenoxy) is 1. The largest absolute Gasteiger partial charge is 0.494 e. The highest BCUT2D eigenvalue weighted by Crippen LogP contribution is 2.21. The third kappa shape index (κ3) is 4.62. The minimum Gasteiger partial charge on any atom is -0.494 e. The first kappa shape index (κ1) is 20.1. The van der Waals surface area contributed by atoms with Gasteiger partial charge in [0, 0.05) is 24.7 Å². The van der Waals surface area contributed by atoms with Crippen molar-refractivity contribution in [3.63, 3.8) is 0 Å². The average Bonchev–Trinajstić information content (AvgIpc) is 2.69. The van der Waals surface area contributed by atoms with Crippen LogP contribution in [-0.4, -0.2) is 42.5 Å². The normalized spacial score (nSPS) is 14.6. The minimum atomic E-state index is -0.645. The monoisotopic (exact) mass is 404 g/mol. The number of nitrogens with one attached hydrogen (secondary N) is 1. The molecule has 1 aliphatic rings. The Labute approximate surface area is 168 Å². The lowest BCUT2D eigenvalue weighted by molar-refractivity contribution is 0.0698. The number of rotatable bonds is 5. The lowest BCUT2D eigenvalue weighted by Crippen LogP contribution is -2.46. The maximum Gasteiger partial charge on any atom is 0.255 e. The van der Waals surface area contributed by atoms with Crippen molar-refractivity contribution < 1.29 is 18.7 Å². The predicted molar refractivity (Wildman–Crippen MR) is 105 cm³/mol. The van der Waals surface area contributed by atoms with Crippen molar-refractivity contribution in [3.8, 4) is 5.75 Å². The van der Waals surface area contributed by atoms with Crippen molar-refractivity contribution in [1.82, 2.24) is 10.2 Å². The van der Waals surface area contributed by atoms with Crippen molar-refractivity contribution in [2.24, 2.45) is 0 Å². The second-order valence-corrected chi connectivity index (χ2v) is 7.00. The molecule has 1 heterocycles. The van der Waals surface area contributed by atoms with Gasteiger partial charge in [0.05, 0.1) is 17.2 Å². The maximum absolute atomic E-state index is 13.9. The molecule has 0 aliphatic carbocycles. The molecule has 0 bridgehead atoms. The molecule has 28 heavy (non-hydrogen) atoms. The molecule has 0 radical (unpaired) electrons. The van der Waals surface area contributed by atoms with Crippen LogP contribution in [0.4, 0.5) is 4.39 Å². The standard InChI is InChI=1S/C21H22ClFN2O3/c1-2-28-16-8-6-14(7-9-16)21(27)25-12-10-15(11-13-25)24-20(26)19-17(22)4-3-5-18(19)23/h3-9,15H,2,10-13H2,1H3,(H,24,26).